The zero-order valence-electron chi connectivity index (χ0n) is 6.92. The lowest BCUT2D eigenvalue weighted by Crippen LogP contribution is -2.16. The Kier molecular flexibility index (Phi) is 3.64. The maximum absolute atomic E-state index is 12.5. The van der Waals surface area contributed by atoms with Crippen LogP contribution in [0, 0.1) is 0 Å². The molecule has 15 heavy (non-hydrogen) atoms. The van der Waals surface area contributed by atoms with Gasteiger partial charge in [0.25, 0.3) is 6.43 Å². The minimum Gasteiger partial charge on any atom is -0.238 e. The van der Waals surface area contributed by atoms with Crippen LogP contribution < -0.4 is 5.14 Å². The Labute approximate surface area is 97.6 Å². The summed E-state index contributed by atoms with van der Waals surface area (Å²) in [7, 11) is -4.32. The van der Waals surface area contributed by atoms with Crippen LogP contribution in [0.4, 0.5) is 8.78 Å². The van der Waals surface area contributed by atoms with Crippen LogP contribution >= 0.6 is 27.5 Å². The number of hydrogen-bond acceptors (Lipinski definition) is 3. The number of primary sulfonamides is 1. The predicted molar refractivity (Wildman–Crippen MR) is 53.3 cm³/mol. The lowest BCUT2D eigenvalue weighted by Gasteiger charge is -2.08. The summed E-state index contributed by atoms with van der Waals surface area (Å²) < 4.78 is 46.9. The molecule has 0 radical (unpaired) electrons. The van der Waals surface area contributed by atoms with Crippen LogP contribution in [-0.2, 0) is 10.0 Å². The molecule has 0 unspecified atom stereocenters. The van der Waals surface area contributed by atoms with E-state index < -0.39 is 32.1 Å². The summed E-state index contributed by atoms with van der Waals surface area (Å²) in [5.41, 5.74) is -0.961. The van der Waals surface area contributed by atoms with Crippen molar-refractivity contribution in [2.24, 2.45) is 5.14 Å². The van der Waals surface area contributed by atoms with Gasteiger partial charge < -0.3 is 0 Å². The van der Waals surface area contributed by atoms with E-state index in [9.17, 15) is 17.2 Å². The van der Waals surface area contributed by atoms with Crippen molar-refractivity contribution in [2.45, 2.75) is 11.3 Å². The topological polar surface area (TPSA) is 73.1 Å². The molecule has 0 spiro atoms. The first-order valence-electron chi connectivity index (χ1n) is 3.40. The number of pyridine rings is 1. The van der Waals surface area contributed by atoms with Crippen molar-refractivity contribution in [3.63, 3.8) is 0 Å². The largest absolute Gasteiger partial charge is 0.281 e. The Morgan fingerprint density at radius 3 is 2.47 bits per heavy atom. The number of nitrogens with two attached hydrogens (primary N) is 1. The van der Waals surface area contributed by atoms with Gasteiger partial charge in [-0.3, -0.25) is 0 Å². The summed E-state index contributed by atoms with van der Waals surface area (Å²) >= 11 is 8.32. The van der Waals surface area contributed by atoms with Gasteiger partial charge in [-0.2, -0.15) is 0 Å². The quantitative estimate of drug-likeness (QED) is 0.848. The second-order valence-corrected chi connectivity index (χ2v) is 5.20. The molecule has 2 N–H and O–H groups in total. The van der Waals surface area contributed by atoms with Crippen LogP contribution in [0.15, 0.2) is 15.6 Å². The van der Waals surface area contributed by atoms with Gasteiger partial charge in [-0.1, -0.05) is 11.6 Å². The van der Waals surface area contributed by atoms with E-state index in [4.69, 9.17) is 16.7 Å². The Hall–Kier alpha value is -0.310. The van der Waals surface area contributed by atoms with E-state index in [2.05, 4.69) is 20.9 Å². The van der Waals surface area contributed by atoms with Crippen LogP contribution in [-0.4, -0.2) is 13.4 Å². The summed E-state index contributed by atoms with van der Waals surface area (Å²) in [6.07, 6.45) is -3.08. The highest BCUT2D eigenvalue weighted by molar-refractivity contribution is 9.10. The molecule has 0 atom stereocenters. The third kappa shape index (κ3) is 2.83. The van der Waals surface area contributed by atoms with E-state index in [1.54, 1.807) is 0 Å². The van der Waals surface area contributed by atoms with Gasteiger partial charge in [-0.25, -0.2) is 27.3 Å². The molecule has 0 aromatic carbocycles. The first-order chi connectivity index (χ1) is 6.73. The lowest BCUT2D eigenvalue weighted by atomic mass is 10.3. The standard InChI is InChI=1S/C6H4BrClF2N2O2S/c7-3-1-2(8)5(15(11,13)14)4(12-3)6(9)10/h1,6H,(H2,11,13,14). The van der Waals surface area contributed by atoms with E-state index in [1.807, 2.05) is 0 Å². The van der Waals surface area contributed by atoms with Gasteiger partial charge in [-0.15, -0.1) is 0 Å². The molecule has 1 aromatic heterocycles. The average molecular weight is 322 g/mol. The van der Waals surface area contributed by atoms with Gasteiger partial charge in [0.2, 0.25) is 10.0 Å². The molecule has 0 bridgehead atoms. The van der Waals surface area contributed by atoms with Crippen LogP contribution in [0.1, 0.15) is 12.1 Å². The molecule has 0 saturated heterocycles. The fraction of sp³-hybridized carbons (Fsp3) is 0.167. The second kappa shape index (κ2) is 4.28. The SMILES string of the molecule is NS(=O)(=O)c1c(Cl)cc(Br)nc1C(F)F. The molecule has 0 aliphatic carbocycles. The summed E-state index contributed by atoms with van der Waals surface area (Å²) in [6.45, 7) is 0. The molecule has 84 valence electrons. The number of alkyl halides is 2. The molecular weight excluding hydrogens is 317 g/mol. The fourth-order valence-corrected chi connectivity index (χ4v) is 2.75. The van der Waals surface area contributed by atoms with Gasteiger partial charge in [0.05, 0.1) is 5.02 Å². The monoisotopic (exact) mass is 320 g/mol. The highest BCUT2D eigenvalue weighted by Crippen LogP contribution is 2.31. The first-order valence-corrected chi connectivity index (χ1v) is 6.12. The van der Waals surface area contributed by atoms with Gasteiger partial charge in [0.1, 0.15) is 15.2 Å². The van der Waals surface area contributed by atoms with Crippen LogP contribution in [0.5, 0.6) is 0 Å². The van der Waals surface area contributed by atoms with Crippen LogP contribution in [0.3, 0.4) is 0 Å². The summed E-state index contributed by atoms with van der Waals surface area (Å²) in [6, 6.07) is 1.08. The Bertz CT molecular complexity index is 494. The lowest BCUT2D eigenvalue weighted by molar-refractivity contribution is 0.142. The molecule has 0 aliphatic rings. The van der Waals surface area contributed by atoms with Gasteiger partial charge in [0.15, 0.2) is 0 Å². The van der Waals surface area contributed by atoms with E-state index in [0.29, 0.717) is 0 Å². The fourth-order valence-electron chi connectivity index (χ4n) is 0.920. The maximum atomic E-state index is 12.5. The number of sulfonamides is 1. The molecule has 0 fully saturated rings. The third-order valence-electron chi connectivity index (χ3n) is 1.41. The van der Waals surface area contributed by atoms with Gasteiger partial charge in [-0.05, 0) is 22.0 Å². The molecule has 9 heteroatoms. The zero-order valence-corrected chi connectivity index (χ0v) is 10.1. The molecule has 1 rings (SSSR count). The Morgan fingerprint density at radius 1 is 1.53 bits per heavy atom. The highest BCUT2D eigenvalue weighted by Gasteiger charge is 2.26. The number of nitrogens with zero attached hydrogens (tertiary/aromatic N) is 1. The minimum absolute atomic E-state index is 0.00944. The summed E-state index contributed by atoms with van der Waals surface area (Å²) in [5.74, 6) is 0. The van der Waals surface area contributed by atoms with Crippen LogP contribution in [0.2, 0.25) is 5.02 Å². The number of aromatic nitrogens is 1. The number of hydrogen-bond donors (Lipinski definition) is 1. The Balaban J connectivity index is 3.62. The van der Waals surface area contributed by atoms with E-state index in [1.165, 1.54) is 0 Å². The summed E-state index contributed by atoms with van der Waals surface area (Å²) in [5, 5.41) is 4.35. The molecule has 0 aliphatic heterocycles. The van der Waals surface area contributed by atoms with E-state index in [0.717, 1.165) is 6.07 Å². The van der Waals surface area contributed by atoms with Crippen molar-refractivity contribution in [3.05, 3.63) is 21.4 Å². The molecule has 1 aromatic rings. The van der Waals surface area contributed by atoms with Crippen LogP contribution in [0.25, 0.3) is 0 Å². The molecule has 0 amide bonds. The predicted octanol–water partition coefficient (Wildman–Crippen LogP) is 2.08. The van der Waals surface area contributed by atoms with Gasteiger partial charge in [0, 0.05) is 0 Å². The summed E-state index contributed by atoms with van der Waals surface area (Å²) in [4.78, 5) is 2.48. The normalized spacial score (nSPS) is 12.1. The second-order valence-electron chi connectivity index (χ2n) is 2.49. The average Bonchev–Trinajstić information content (AvgIpc) is 1.99. The molecule has 4 nitrogen and oxygen atoms in total. The smallest absolute Gasteiger partial charge is 0.238 e. The van der Waals surface area contributed by atoms with Crippen molar-refractivity contribution in [1.82, 2.24) is 4.98 Å². The maximum Gasteiger partial charge on any atom is 0.281 e. The van der Waals surface area contributed by atoms with E-state index >= 15 is 0 Å². The molecule has 1 heterocycles. The third-order valence-corrected chi connectivity index (χ3v) is 3.23. The first kappa shape index (κ1) is 12.8. The Morgan fingerprint density at radius 2 is 2.07 bits per heavy atom. The van der Waals surface area contributed by atoms with Crippen molar-refractivity contribution >= 4 is 37.6 Å². The number of halogens is 4. The van der Waals surface area contributed by atoms with Crippen molar-refractivity contribution in [1.29, 1.82) is 0 Å². The zero-order chi connectivity index (χ0) is 11.8. The molecular formula is C6H4BrClF2N2O2S. The van der Waals surface area contributed by atoms with Crippen molar-refractivity contribution in [2.75, 3.05) is 0 Å². The minimum atomic E-state index is -4.32. The number of rotatable bonds is 2. The molecule has 0 saturated carbocycles. The highest BCUT2D eigenvalue weighted by atomic mass is 79.9. The van der Waals surface area contributed by atoms with E-state index in [-0.39, 0.29) is 4.60 Å². The van der Waals surface area contributed by atoms with Gasteiger partial charge >= 0.3 is 0 Å². The van der Waals surface area contributed by atoms with Crippen molar-refractivity contribution < 1.29 is 17.2 Å². The van der Waals surface area contributed by atoms with Crippen molar-refractivity contribution in [3.8, 4) is 0 Å².